The van der Waals surface area contributed by atoms with Crippen LogP contribution in [0.5, 0.6) is 0 Å². The van der Waals surface area contributed by atoms with E-state index < -0.39 is 0 Å². The number of hydrogen-bond acceptors (Lipinski definition) is 3. The molecule has 0 fully saturated rings. The van der Waals surface area contributed by atoms with E-state index in [0.717, 1.165) is 24.2 Å². The second-order valence-corrected chi connectivity index (χ2v) is 5.21. The molecule has 2 aromatic rings. The van der Waals surface area contributed by atoms with Gasteiger partial charge in [0.2, 0.25) is 5.91 Å². The summed E-state index contributed by atoms with van der Waals surface area (Å²) in [7, 11) is 0. The first-order valence-electron chi connectivity index (χ1n) is 7.18. The van der Waals surface area contributed by atoms with Gasteiger partial charge in [-0.3, -0.25) is 4.79 Å². The van der Waals surface area contributed by atoms with Gasteiger partial charge in [-0.2, -0.15) is 0 Å². The Morgan fingerprint density at radius 3 is 2.76 bits per heavy atom. The van der Waals surface area contributed by atoms with E-state index in [1.165, 1.54) is 11.3 Å². The Morgan fingerprint density at radius 1 is 1.14 bits per heavy atom. The van der Waals surface area contributed by atoms with Crippen LogP contribution < -0.4 is 16.0 Å². The van der Waals surface area contributed by atoms with Gasteiger partial charge in [-0.1, -0.05) is 36.4 Å². The van der Waals surface area contributed by atoms with Crippen LogP contribution in [0.3, 0.4) is 0 Å². The SMILES string of the molecule is NCc1ccccc1NC(=O)CN1CCc2ccccc21. The fourth-order valence-corrected chi connectivity index (χ4v) is 2.75. The molecule has 2 aromatic carbocycles. The van der Waals surface area contributed by atoms with Gasteiger partial charge in [0.25, 0.3) is 0 Å². The second kappa shape index (κ2) is 5.97. The van der Waals surface area contributed by atoms with Crippen molar-refractivity contribution in [1.29, 1.82) is 0 Å². The van der Waals surface area contributed by atoms with Crippen LogP contribution >= 0.6 is 0 Å². The van der Waals surface area contributed by atoms with Crippen LogP contribution in [0.4, 0.5) is 11.4 Å². The van der Waals surface area contributed by atoms with Gasteiger partial charge in [0.15, 0.2) is 0 Å². The van der Waals surface area contributed by atoms with Gasteiger partial charge in [0, 0.05) is 24.5 Å². The number of amides is 1. The molecule has 0 unspecified atom stereocenters. The molecule has 1 aliphatic heterocycles. The van der Waals surface area contributed by atoms with Crippen molar-refractivity contribution in [2.24, 2.45) is 5.73 Å². The summed E-state index contributed by atoms with van der Waals surface area (Å²) in [6, 6.07) is 15.9. The average Bonchev–Trinajstić information content (AvgIpc) is 2.91. The van der Waals surface area contributed by atoms with Crippen LogP contribution in [0.1, 0.15) is 11.1 Å². The van der Waals surface area contributed by atoms with E-state index in [-0.39, 0.29) is 5.91 Å². The van der Waals surface area contributed by atoms with E-state index >= 15 is 0 Å². The van der Waals surface area contributed by atoms with E-state index in [1.807, 2.05) is 36.4 Å². The van der Waals surface area contributed by atoms with Crippen molar-refractivity contribution in [2.75, 3.05) is 23.3 Å². The number of nitrogens with one attached hydrogen (secondary N) is 1. The van der Waals surface area contributed by atoms with Crippen LogP contribution in [-0.4, -0.2) is 19.0 Å². The summed E-state index contributed by atoms with van der Waals surface area (Å²) in [5.74, 6) is -0.00685. The predicted molar refractivity (Wildman–Crippen MR) is 85.3 cm³/mol. The summed E-state index contributed by atoms with van der Waals surface area (Å²) in [6.07, 6.45) is 1.00. The van der Waals surface area contributed by atoms with Crippen molar-refractivity contribution < 1.29 is 4.79 Å². The third kappa shape index (κ3) is 2.90. The van der Waals surface area contributed by atoms with Crippen molar-refractivity contribution in [3.8, 4) is 0 Å². The van der Waals surface area contributed by atoms with Gasteiger partial charge >= 0.3 is 0 Å². The Hall–Kier alpha value is -2.33. The summed E-state index contributed by atoms with van der Waals surface area (Å²) in [6.45, 7) is 1.68. The summed E-state index contributed by atoms with van der Waals surface area (Å²) >= 11 is 0. The number of rotatable bonds is 4. The Balaban J connectivity index is 1.68. The third-order valence-corrected chi connectivity index (χ3v) is 3.83. The molecule has 0 saturated carbocycles. The second-order valence-electron chi connectivity index (χ2n) is 5.21. The molecule has 0 saturated heterocycles. The van der Waals surface area contributed by atoms with Gasteiger partial charge in [-0.25, -0.2) is 0 Å². The van der Waals surface area contributed by atoms with Gasteiger partial charge in [0.1, 0.15) is 0 Å². The van der Waals surface area contributed by atoms with Crippen molar-refractivity contribution in [1.82, 2.24) is 0 Å². The highest BCUT2D eigenvalue weighted by Gasteiger charge is 2.20. The lowest BCUT2D eigenvalue weighted by Gasteiger charge is -2.19. The Kier molecular flexibility index (Phi) is 3.88. The number of carbonyl (C=O) groups excluding carboxylic acids is 1. The molecule has 1 aliphatic rings. The van der Waals surface area contributed by atoms with Gasteiger partial charge in [-0.15, -0.1) is 0 Å². The molecular formula is C17H19N3O. The zero-order valence-corrected chi connectivity index (χ0v) is 11.9. The monoisotopic (exact) mass is 281 g/mol. The van der Waals surface area contributed by atoms with E-state index in [9.17, 15) is 4.79 Å². The molecule has 0 bridgehead atoms. The summed E-state index contributed by atoms with van der Waals surface area (Å²) in [4.78, 5) is 14.4. The maximum atomic E-state index is 12.3. The first-order chi connectivity index (χ1) is 10.3. The van der Waals surface area contributed by atoms with Crippen LogP contribution in [-0.2, 0) is 17.8 Å². The normalized spacial score (nSPS) is 13.1. The molecule has 0 aliphatic carbocycles. The predicted octanol–water partition coefficient (Wildman–Crippen LogP) is 2.15. The number of anilines is 2. The van der Waals surface area contributed by atoms with Crippen molar-refractivity contribution in [3.63, 3.8) is 0 Å². The molecule has 3 rings (SSSR count). The Morgan fingerprint density at radius 2 is 1.90 bits per heavy atom. The Bertz CT molecular complexity index is 654. The van der Waals surface area contributed by atoms with Gasteiger partial charge in [0.05, 0.1) is 6.54 Å². The molecule has 0 atom stereocenters. The fourth-order valence-electron chi connectivity index (χ4n) is 2.75. The molecule has 3 N–H and O–H groups in total. The van der Waals surface area contributed by atoms with E-state index in [0.29, 0.717) is 13.1 Å². The number of benzene rings is 2. The highest BCUT2D eigenvalue weighted by Crippen LogP contribution is 2.27. The van der Waals surface area contributed by atoms with Gasteiger partial charge < -0.3 is 16.0 Å². The summed E-state index contributed by atoms with van der Waals surface area (Å²) in [5.41, 5.74) is 9.93. The average molecular weight is 281 g/mol. The first kappa shape index (κ1) is 13.6. The standard InChI is InChI=1S/C17H19N3O/c18-11-14-6-1-3-7-15(14)19-17(21)12-20-10-9-13-5-2-4-8-16(13)20/h1-8H,9-12,18H2,(H,19,21). The maximum absolute atomic E-state index is 12.3. The van der Waals surface area contributed by atoms with E-state index in [2.05, 4.69) is 22.3 Å². The molecule has 21 heavy (non-hydrogen) atoms. The molecule has 4 nitrogen and oxygen atoms in total. The lowest BCUT2D eigenvalue weighted by molar-refractivity contribution is -0.115. The minimum absolute atomic E-state index is 0.00685. The third-order valence-electron chi connectivity index (χ3n) is 3.83. The highest BCUT2D eigenvalue weighted by atomic mass is 16.2. The fraction of sp³-hybridized carbons (Fsp3) is 0.235. The zero-order valence-electron chi connectivity index (χ0n) is 11.9. The summed E-state index contributed by atoms with van der Waals surface area (Å²) in [5, 5.41) is 2.96. The minimum Gasteiger partial charge on any atom is -0.362 e. The van der Waals surface area contributed by atoms with Crippen molar-refractivity contribution >= 4 is 17.3 Å². The molecule has 1 heterocycles. The van der Waals surface area contributed by atoms with E-state index in [4.69, 9.17) is 5.73 Å². The van der Waals surface area contributed by atoms with Crippen LogP contribution in [0.15, 0.2) is 48.5 Å². The molecule has 4 heteroatoms. The first-order valence-corrected chi connectivity index (χ1v) is 7.18. The zero-order chi connectivity index (χ0) is 14.7. The Labute approximate surface area is 124 Å². The molecule has 0 spiro atoms. The lowest BCUT2D eigenvalue weighted by Crippen LogP contribution is -2.32. The topological polar surface area (TPSA) is 58.4 Å². The number of nitrogens with two attached hydrogens (primary N) is 1. The van der Waals surface area contributed by atoms with Crippen molar-refractivity contribution in [2.45, 2.75) is 13.0 Å². The van der Waals surface area contributed by atoms with Crippen LogP contribution in [0.25, 0.3) is 0 Å². The number of nitrogens with zero attached hydrogens (tertiary/aromatic N) is 1. The largest absolute Gasteiger partial charge is 0.362 e. The molecule has 0 radical (unpaired) electrons. The van der Waals surface area contributed by atoms with Gasteiger partial charge in [-0.05, 0) is 29.7 Å². The quantitative estimate of drug-likeness (QED) is 0.902. The number of carbonyl (C=O) groups is 1. The van der Waals surface area contributed by atoms with Crippen LogP contribution in [0, 0.1) is 0 Å². The summed E-state index contributed by atoms with van der Waals surface area (Å²) < 4.78 is 0. The number of hydrogen-bond donors (Lipinski definition) is 2. The van der Waals surface area contributed by atoms with E-state index in [1.54, 1.807) is 0 Å². The maximum Gasteiger partial charge on any atom is 0.243 e. The molecular weight excluding hydrogens is 262 g/mol. The molecule has 108 valence electrons. The lowest BCUT2D eigenvalue weighted by atomic mass is 10.2. The smallest absolute Gasteiger partial charge is 0.243 e. The van der Waals surface area contributed by atoms with Crippen LogP contribution in [0.2, 0.25) is 0 Å². The number of para-hydroxylation sites is 2. The van der Waals surface area contributed by atoms with Crippen molar-refractivity contribution in [3.05, 3.63) is 59.7 Å². The molecule has 1 amide bonds. The number of fused-ring (bicyclic) bond motifs is 1. The molecule has 0 aromatic heterocycles. The minimum atomic E-state index is -0.00685. The highest BCUT2D eigenvalue weighted by molar-refractivity contribution is 5.95.